The lowest BCUT2D eigenvalue weighted by Crippen LogP contribution is -2.15. The Balaban J connectivity index is 1.64. The fourth-order valence-electron chi connectivity index (χ4n) is 2.13. The summed E-state index contributed by atoms with van der Waals surface area (Å²) in [5.74, 6) is 0.997. The Morgan fingerprint density at radius 2 is 2.12 bits per heavy atom. The Morgan fingerprint density at radius 3 is 2.96 bits per heavy atom. The number of benzene rings is 2. The normalized spacial score (nSPS) is 10.8. The molecule has 26 heavy (non-hydrogen) atoms. The van der Waals surface area contributed by atoms with Crippen LogP contribution in [-0.4, -0.2) is 21.4 Å². The molecule has 8 heteroatoms. The van der Waals surface area contributed by atoms with E-state index in [9.17, 15) is 4.79 Å². The smallest absolute Gasteiger partial charge is 0.363 e. The summed E-state index contributed by atoms with van der Waals surface area (Å²) in [5, 5.41) is 10.8. The van der Waals surface area contributed by atoms with Crippen LogP contribution < -0.4 is 15.9 Å². The van der Waals surface area contributed by atoms with Crippen molar-refractivity contribution < 1.29 is 4.74 Å². The molecule has 2 aromatic carbocycles. The van der Waals surface area contributed by atoms with Crippen LogP contribution in [0.2, 0.25) is 5.02 Å². The number of hydrogen-bond acceptors (Lipinski definition) is 6. The number of aromatic amines is 1. The van der Waals surface area contributed by atoms with Crippen molar-refractivity contribution in [3.63, 3.8) is 0 Å². The monoisotopic (exact) mass is 369 g/mol. The number of nitrogens with one attached hydrogen (secondary N) is 2. The second kappa shape index (κ2) is 8.26. The number of hydrazone groups is 1. The van der Waals surface area contributed by atoms with Crippen LogP contribution in [0.1, 0.15) is 16.8 Å². The first-order valence-corrected chi connectivity index (χ1v) is 8.18. The maximum absolute atomic E-state index is 11.2. The molecule has 0 aliphatic carbocycles. The zero-order valence-corrected chi connectivity index (χ0v) is 14.7. The quantitative estimate of drug-likeness (QED) is 0.514. The van der Waals surface area contributed by atoms with Gasteiger partial charge in [-0.15, -0.1) is 0 Å². The summed E-state index contributed by atoms with van der Waals surface area (Å²) in [6, 6.07) is 15.0. The van der Waals surface area contributed by atoms with Crippen LogP contribution in [0.25, 0.3) is 0 Å². The molecule has 0 amide bonds. The van der Waals surface area contributed by atoms with E-state index in [1.165, 1.54) is 0 Å². The number of aryl methyl sites for hydroxylation is 1. The fraction of sp³-hybridized carbons (Fsp3) is 0.111. The zero-order chi connectivity index (χ0) is 18.4. The number of anilines is 1. The van der Waals surface area contributed by atoms with Gasteiger partial charge >= 0.3 is 5.69 Å². The summed E-state index contributed by atoms with van der Waals surface area (Å²) in [7, 11) is 0. The molecule has 0 saturated carbocycles. The van der Waals surface area contributed by atoms with Gasteiger partial charge in [-0.3, -0.25) is 5.43 Å². The average molecular weight is 370 g/mol. The summed E-state index contributed by atoms with van der Waals surface area (Å²) in [4.78, 5) is 14.9. The van der Waals surface area contributed by atoms with Crippen molar-refractivity contribution in [2.75, 3.05) is 5.43 Å². The van der Waals surface area contributed by atoms with Gasteiger partial charge < -0.3 is 4.74 Å². The molecule has 7 nitrogen and oxygen atoms in total. The van der Waals surface area contributed by atoms with E-state index in [4.69, 9.17) is 16.3 Å². The Hall–Kier alpha value is -3.19. The lowest BCUT2D eigenvalue weighted by Gasteiger charge is -2.08. The van der Waals surface area contributed by atoms with E-state index < -0.39 is 5.69 Å². The van der Waals surface area contributed by atoms with Crippen LogP contribution in [0.15, 0.2) is 58.4 Å². The van der Waals surface area contributed by atoms with Crippen LogP contribution in [0, 0.1) is 6.92 Å². The van der Waals surface area contributed by atoms with Gasteiger partial charge in [-0.25, -0.2) is 9.89 Å². The number of rotatable bonds is 6. The topological polar surface area (TPSA) is 92.3 Å². The predicted octanol–water partition coefficient (Wildman–Crippen LogP) is 3.15. The number of H-pyrrole nitrogens is 1. The third-order valence-electron chi connectivity index (χ3n) is 3.47. The third-order valence-corrected chi connectivity index (χ3v) is 3.84. The van der Waals surface area contributed by atoms with Crippen molar-refractivity contribution in [3.8, 4) is 5.75 Å². The molecule has 0 unspecified atom stereocenters. The molecule has 0 fully saturated rings. The van der Waals surface area contributed by atoms with Crippen molar-refractivity contribution in [2.24, 2.45) is 5.10 Å². The molecule has 1 aromatic heterocycles. The van der Waals surface area contributed by atoms with E-state index in [0.29, 0.717) is 28.9 Å². The van der Waals surface area contributed by atoms with Gasteiger partial charge in [0.15, 0.2) is 5.82 Å². The van der Waals surface area contributed by atoms with Crippen LogP contribution in [0.3, 0.4) is 0 Å². The Bertz CT molecular complexity index is 987. The Kier molecular flexibility index (Phi) is 5.60. The highest BCUT2D eigenvalue weighted by Gasteiger charge is 2.02. The molecule has 0 aliphatic heterocycles. The maximum atomic E-state index is 11.2. The standard InChI is InChI=1S/C18H16ClN5O2/c1-12-17(21-18(25)24-22-12)23-20-10-13-5-4-7-15(9-13)26-11-14-6-2-3-8-16(14)19/h2-10H,11H2,1H3,(H2,21,23,24,25)/b20-10-. The van der Waals surface area contributed by atoms with Crippen molar-refractivity contribution in [3.05, 3.63) is 80.9 Å². The number of aromatic nitrogens is 3. The van der Waals surface area contributed by atoms with E-state index in [1.54, 1.807) is 13.1 Å². The summed E-state index contributed by atoms with van der Waals surface area (Å²) >= 11 is 6.13. The first-order valence-electron chi connectivity index (χ1n) is 7.80. The zero-order valence-electron chi connectivity index (χ0n) is 13.9. The van der Waals surface area contributed by atoms with Gasteiger partial charge in [-0.2, -0.15) is 15.2 Å². The second-order valence-corrected chi connectivity index (χ2v) is 5.80. The first kappa shape index (κ1) is 17.6. The predicted molar refractivity (Wildman–Crippen MR) is 101 cm³/mol. The molecule has 0 atom stereocenters. The van der Waals surface area contributed by atoms with Crippen LogP contribution in [0.5, 0.6) is 5.75 Å². The number of nitrogens with zero attached hydrogens (tertiary/aromatic N) is 3. The first-order chi connectivity index (χ1) is 12.6. The minimum atomic E-state index is -0.539. The van der Waals surface area contributed by atoms with Crippen molar-refractivity contribution in [2.45, 2.75) is 13.5 Å². The van der Waals surface area contributed by atoms with Crippen LogP contribution in [0.4, 0.5) is 5.82 Å². The highest BCUT2D eigenvalue weighted by molar-refractivity contribution is 6.31. The number of halogens is 1. The maximum Gasteiger partial charge on any atom is 0.363 e. The molecule has 3 aromatic rings. The van der Waals surface area contributed by atoms with Gasteiger partial charge in [-0.05, 0) is 30.7 Å². The third kappa shape index (κ3) is 4.67. The summed E-state index contributed by atoms with van der Waals surface area (Å²) in [6.07, 6.45) is 1.60. The second-order valence-electron chi connectivity index (χ2n) is 5.40. The highest BCUT2D eigenvalue weighted by Crippen LogP contribution is 2.19. The summed E-state index contributed by atoms with van der Waals surface area (Å²) < 4.78 is 5.78. The molecular weight excluding hydrogens is 354 g/mol. The van der Waals surface area contributed by atoms with Gasteiger partial charge in [-0.1, -0.05) is 41.9 Å². The average Bonchev–Trinajstić information content (AvgIpc) is 2.64. The van der Waals surface area contributed by atoms with Crippen molar-refractivity contribution >= 4 is 23.6 Å². The fourth-order valence-corrected chi connectivity index (χ4v) is 2.32. The van der Waals surface area contributed by atoms with Gasteiger partial charge in [0.25, 0.3) is 0 Å². The Labute approximate surface area is 154 Å². The van der Waals surface area contributed by atoms with Crippen molar-refractivity contribution in [1.29, 1.82) is 0 Å². The molecule has 1 heterocycles. The Morgan fingerprint density at radius 1 is 1.27 bits per heavy atom. The SMILES string of the molecule is Cc1n[nH]c(=O)nc1N/N=C\c1cccc(OCc2ccccc2Cl)c1. The van der Waals surface area contributed by atoms with E-state index in [-0.39, 0.29) is 0 Å². The molecule has 3 rings (SSSR count). The molecule has 0 aliphatic rings. The molecular formula is C18H16ClN5O2. The largest absolute Gasteiger partial charge is 0.489 e. The molecule has 0 spiro atoms. The van der Waals surface area contributed by atoms with Crippen LogP contribution >= 0.6 is 11.6 Å². The minimum absolute atomic E-state index is 0.302. The summed E-state index contributed by atoms with van der Waals surface area (Å²) in [6.45, 7) is 2.09. The van der Waals surface area contributed by atoms with Gasteiger partial charge in [0, 0.05) is 10.6 Å². The van der Waals surface area contributed by atoms with Crippen LogP contribution in [-0.2, 0) is 6.61 Å². The van der Waals surface area contributed by atoms with E-state index in [0.717, 1.165) is 11.1 Å². The molecule has 2 N–H and O–H groups in total. The number of hydrogen-bond donors (Lipinski definition) is 2. The van der Waals surface area contributed by atoms with E-state index in [1.807, 2.05) is 48.5 Å². The molecule has 0 saturated heterocycles. The van der Waals surface area contributed by atoms with Gasteiger partial charge in [0.1, 0.15) is 18.1 Å². The van der Waals surface area contributed by atoms with Gasteiger partial charge in [0.2, 0.25) is 0 Å². The molecule has 132 valence electrons. The summed E-state index contributed by atoms with van der Waals surface area (Å²) in [5.41, 5.74) is 4.45. The van der Waals surface area contributed by atoms with Gasteiger partial charge in [0.05, 0.1) is 6.21 Å². The lowest BCUT2D eigenvalue weighted by atomic mass is 10.2. The minimum Gasteiger partial charge on any atom is -0.489 e. The van der Waals surface area contributed by atoms with Crippen molar-refractivity contribution in [1.82, 2.24) is 15.2 Å². The van der Waals surface area contributed by atoms with E-state index >= 15 is 0 Å². The van der Waals surface area contributed by atoms with E-state index in [2.05, 4.69) is 25.7 Å². The lowest BCUT2D eigenvalue weighted by molar-refractivity contribution is 0.306. The number of ether oxygens (including phenoxy) is 1. The molecule has 0 bridgehead atoms. The highest BCUT2D eigenvalue weighted by atomic mass is 35.5. The molecule has 0 radical (unpaired) electrons.